The van der Waals surface area contributed by atoms with Gasteiger partial charge in [-0.3, -0.25) is 9.69 Å². The zero-order chi connectivity index (χ0) is 11.6. The Balaban J connectivity index is 0.00000225. The van der Waals surface area contributed by atoms with Crippen molar-refractivity contribution in [3.63, 3.8) is 0 Å². The fourth-order valence-corrected chi connectivity index (χ4v) is 1.87. The van der Waals surface area contributed by atoms with Gasteiger partial charge in [-0.15, -0.1) is 12.4 Å². The van der Waals surface area contributed by atoms with Gasteiger partial charge in [-0.2, -0.15) is 0 Å². The van der Waals surface area contributed by atoms with Gasteiger partial charge in [0.25, 0.3) is 0 Å². The standard InChI is InChI=1S/C11H23N3O.ClH/c1-8(2)13(4)11(15)9(3)14-6-5-10(12)7-14;/h8-10H,5-7,12H2,1-4H3;1H/t9?,10-;/m1./s1. The number of amides is 1. The van der Waals surface area contributed by atoms with Crippen LogP contribution in [0.3, 0.4) is 0 Å². The predicted octanol–water partition coefficient (Wildman–Crippen LogP) is 0.696. The monoisotopic (exact) mass is 249 g/mol. The van der Waals surface area contributed by atoms with Crippen LogP contribution in [-0.2, 0) is 4.79 Å². The summed E-state index contributed by atoms with van der Waals surface area (Å²) in [6.07, 6.45) is 1.00. The van der Waals surface area contributed by atoms with E-state index in [1.165, 1.54) is 0 Å². The summed E-state index contributed by atoms with van der Waals surface area (Å²) in [6, 6.07) is 0.465. The highest BCUT2D eigenvalue weighted by atomic mass is 35.5. The fraction of sp³-hybridized carbons (Fsp3) is 0.909. The number of carbonyl (C=O) groups excluding carboxylic acids is 1. The van der Waals surface area contributed by atoms with Crippen LogP contribution in [-0.4, -0.2) is 54.0 Å². The number of nitrogens with zero attached hydrogens (tertiary/aromatic N) is 2. The number of hydrogen-bond donors (Lipinski definition) is 1. The molecule has 0 spiro atoms. The van der Waals surface area contributed by atoms with E-state index in [0.717, 1.165) is 19.5 Å². The van der Waals surface area contributed by atoms with Crippen molar-refractivity contribution in [2.45, 2.75) is 45.3 Å². The minimum atomic E-state index is -0.0362. The van der Waals surface area contributed by atoms with E-state index in [1.807, 2.05) is 27.8 Å². The molecule has 1 unspecified atom stereocenters. The third-order valence-electron chi connectivity index (χ3n) is 3.28. The largest absolute Gasteiger partial charge is 0.342 e. The second-order valence-electron chi connectivity index (χ2n) is 4.76. The molecule has 1 amide bonds. The van der Waals surface area contributed by atoms with Gasteiger partial charge >= 0.3 is 0 Å². The first-order valence-electron chi connectivity index (χ1n) is 5.69. The van der Waals surface area contributed by atoms with E-state index in [2.05, 4.69) is 4.90 Å². The topological polar surface area (TPSA) is 49.6 Å². The summed E-state index contributed by atoms with van der Waals surface area (Å²) in [5.41, 5.74) is 5.83. The maximum absolute atomic E-state index is 12.0. The quantitative estimate of drug-likeness (QED) is 0.801. The van der Waals surface area contributed by atoms with E-state index >= 15 is 0 Å². The van der Waals surface area contributed by atoms with Crippen molar-refractivity contribution in [1.29, 1.82) is 0 Å². The molecule has 0 saturated carbocycles. The Morgan fingerprint density at radius 3 is 2.38 bits per heavy atom. The Morgan fingerprint density at radius 2 is 2.00 bits per heavy atom. The molecule has 2 atom stereocenters. The lowest BCUT2D eigenvalue weighted by Crippen LogP contribution is -2.47. The molecular weight excluding hydrogens is 226 g/mol. The first-order valence-corrected chi connectivity index (χ1v) is 5.69. The van der Waals surface area contributed by atoms with Crippen molar-refractivity contribution in [1.82, 2.24) is 9.80 Å². The number of likely N-dealkylation sites (N-methyl/N-ethyl adjacent to an activating group) is 1. The Hall–Kier alpha value is -0.320. The molecule has 96 valence electrons. The van der Waals surface area contributed by atoms with E-state index in [4.69, 9.17) is 5.73 Å². The van der Waals surface area contributed by atoms with E-state index < -0.39 is 0 Å². The lowest BCUT2D eigenvalue weighted by Gasteiger charge is -2.30. The van der Waals surface area contributed by atoms with Gasteiger partial charge in [-0.25, -0.2) is 0 Å². The van der Waals surface area contributed by atoms with Gasteiger partial charge in [-0.1, -0.05) is 0 Å². The number of rotatable bonds is 3. The van der Waals surface area contributed by atoms with Crippen LogP contribution in [0.5, 0.6) is 0 Å². The fourth-order valence-electron chi connectivity index (χ4n) is 1.87. The number of likely N-dealkylation sites (tertiary alicyclic amines) is 1. The number of nitrogens with two attached hydrogens (primary N) is 1. The van der Waals surface area contributed by atoms with Crippen LogP contribution in [0, 0.1) is 0 Å². The zero-order valence-electron chi connectivity index (χ0n) is 10.6. The van der Waals surface area contributed by atoms with Gasteiger partial charge in [0, 0.05) is 32.2 Å². The van der Waals surface area contributed by atoms with Crippen LogP contribution >= 0.6 is 12.4 Å². The lowest BCUT2D eigenvalue weighted by atomic mass is 10.2. The van der Waals surface area contributed by atoms with Crippen LogP contribution in [0.1, 0.15) is 27.2 Å². The highest BCUT2D eigenvalue weighted by molar-refractivity contribution is 5.85. The van der Waals surface area contributed by atoms with Crippen molar-refractivity contribution in [2.75, 3.05) is 20.1 Å². The van der Waals surface area contributed by atoms with Crippen molar-refractivity contribution in [3.05, 3.63) is 0 Å². The van der Waals surface area contributed by atoms with E-state index in [1.54, 1.807) is 4.90 Å². The number of hydrogen-bond acceptors (Lipinski definition) is 3. The SMILES string of the molecule is CC(C(=O)N(C)C(C)C)N1CC[C@@H](N)C1.Cl. The molecule has 0 aromatic carbocycles. The third-order valence-corrected chi connectivity index (χ3v) is 3.28. The highest BCUT2D eigenvalue weighted by Gasteiger charge is 2.29. The first kappa shape index (κ1) is 15.7. The van der Waals surface area contributed by atoms with Gasteiger partial charge < -0.3 is 10.6 Å². The van der Waals surface area contributed by atoms with Gasteiger partial charge in [0.1, 0.15) is 0 Å². The highest BCUT2D eigenvalue weighted by Crippen LogP contribution is 2.13. The molecule has 0 radical (unpaired) electrons. The van der Waals surface area contributed by atoms with Crippen LogP contribution in [0.4, 0.5) is 0 Å². The second kappa shape index (κ2) is 6.42. The maximum atomic E-state index is 12.0. The average Bonchev–Trinajstić information content (AvgIpc) is 2.61. The molecule has 4 nitrogen and oxygen atoms in total. The molecule has 1 heterocycles. The predicted molar refractivity (Wildman–Crippen MR) is 68.8 cm³/mol. The molecule has 1 aliphatic rings. The van der Waals surface area contributed by atoms with E-state index in [-0.39, 0.29) is 36.4 Å². The number of halogens is 1. The van der Waals surface area contributed by atoms with Gasteiger partial charge in [0.15, 0.2) is 0 Å². The molecule has 5 heteroatoms. The summed E-state index contributed by atoms with van der Waals surface area (Å²) < 4.78 is 0. The van der Waals surface area contributed by atoms with Crippen molar-refractivity contribution < 1.29 is 4.79 Å². The summed E-state index contributed by atoms with van der Waals surface area (Å²) >= 11 is 0. The maximum Gasteiger partial charge on any atom is 0.239 e. The van der Waals surface area contributed by atoms with Gasteiger partial charge in [0.05, 0.1) is 6.04 Å². The molecule has 16 heavy (non-hydrogen) atoms. The van der Waals surface area contributed by atoms with Crippen LogP contribution in [0.2, 0.25) is 0 Å². The van der Waals surface area contributed by atoms with Crippen molar-refractivity contribution in [2.24, 2.45) is 5.73 Å². The van der Waals surface area contributed by atoms with Crippen LogP contribution < -0.4 is 5.73 Å². The molecule has 1 rings (SSSR count). The van der Waals surface area contributed by atoms with E-state index in [9.17, 15) is 4.79 Å². The summed E-state index contributed by atoms with van der Waals surface area (Å²) in [5, 5.41) is 0. The Morgan fingerprint density at radius 1 is 1.44 bits per heavy atom. The molecule has 1 saturated heterocycles. The molecule has 1 aliphatic heterocycles. The molecule has 0 aliphatic carbocycles. The minimum absolute atomic E-state index is 0. The Labute approximate surface area is 105 Å². The second-order valence-corrected chi connectivity index (χ2v) is 4.76. The zero-order valence-corrected chi connectivity index (χ0v) is 11.5. The smallest absolute Gasteiger partial charge is 0.239 e. The minimum Gasteiger partial charge on any atom is -0.342 e. The summed E-state index contributed by atoms with van der Waals surface area (Å²) in [7, 11) is 1.86. The third kappa shape index (κ3) is 3.61. The molecular formula is C11H24ClN3O. The van der Waals surface area contributed by atoms with Gasteiger partial charge in [0.2, 0.25) is 5.91 Å². The van der Waals surface area contributed by atoms with Crippen LogP contribution in [0.25, 0.3) is 0 Å². The Kier molecular flexibility index (Phi) is 6.30. The van der Waals surface area contributed by atoms with E-state index in [0.29, 0.717) is 0 Å². The molecule has 1 fully saturated rings. The van der Waals surface area contributed by atoms with Crippen molar-refractivity contribution >= 4 is 18.3 Å². The molecule has 2 N–H and O–H groups in total. The normalized spacial score (nSPS) is 23.0. The lowest BCUT2D eigenvalue weighted by molar-refractivity contribution is -0.136. The summed E-state index contributed by atoms with van der Waals surface area (Å²) in [4.78, 5) is 16.0. The van der Waals surface area contributed by atoms with Crippen molar-refractivity contribution in [3.8, 4) is 0 Å². The first-order chi connectivity index (χ1) is 6.93. The number of carbonyl (C=O) groups is 1. The molecule has 0 aromatic rings. The summed E-state index contributed by atoms with van der Waals surface area (Å²) in [5.74, 6) is 0.194. The summed E-state index contributed by atoms with van der Waals surface area (Å²) in [6.45, 7) is 7.82. The molecule has 0 bridgehead atoms. The average molecular weight is 250 g/mol. The molecule has 0 aromatic heterocycles. The Bertz CT molecular complexity index is 235. The van der Waals surface area contributed by atoms with Crippen LogP contribution in [0.15, 0.2) is 0 Å². The van der Waals surface area contributed by atoms with Gasteiger partial charge in [-0.05, 0) is 27.2 Å².